The second-order valence-corrected chi connectivity index (χ2v) is 13.8. The largest absolute Gasteiger partial charge is 0.507 e. The highest BCUT2D eigenvalue weighted by Crippen LogP contribution is 2.51. The number of ether oxygens (including phenoxy) is 1. The maximum Gasteiger partial charge on any atom is 0.488 e. The highest BCUT2D eigenvalue weighted by atomic mass is 16.5. The topological polar surface area (TPSA) is 150 Å². The summed E-state index contributed by atoms with van der Waals surface area (Å²) in [6, 6.07) is 25.1. The number of carbonyl (C=O) groups excluding carboxylic acids is 2. The number of hydrogen-bond donors (Lipinski definition) is 4. The molecule has 2 amide bonds. The summed E-state index contributed by atoms with van der Waals surface area (Å²) < 4.78 is 12.5. The van der Waals surface area contributed by atoms with Crippen LogP contribution in [0.5, 0.6) is 11.5 Å². The number of aryl methyl sites for hydroxylation is 2. The first kappa shape index (κ1) is 35.4. The van der Waals surface area contributed by atoms with Gasteiger partial charge >= 0.3 is 14.2 Å². The summed E-state index contributed by atoms with van der Waals surface area (Å²) in [5.41, 5.74) is 6.35. The number of aromatic hydroxyl groups is 1. The van der Waals surface area contributed by atoms with E-state index in [-0.39, 0.29) is 48.1 Å². The third-order valence-electron chi connectivity index (χ3n) is 10.4. The van der Waals surface area contributed by atoms with E-state index < -0.39 is 38.1 Å². The molecular weight excluding hydrogens is 658 g/mol. The molecule has 12 heteroatoms. The van der Waals surface area contributed by atoms with Crippen LogP contribution in [0.1, 0.15) is 41.6 Å². The van der Waals surface area contributed by atoms with Crippen LogP contribution in [-0.4, -0.2) is 63.9 Å². The second kappa shape index (κ2) is 14.9. The Bertz CT molecular complexity index is 2010. The number of para-hydroxylation sites is 1. The lowest BCUT2D eigenvalue weighted by Gasteiger charge is -2.43. The zero-order valence-corrected chi connectivity index (χ0v) is 29.1. The number of phenolic OH excluding ortho intramolecular Hbond substituents is 1. The van der Waals surface area contributed by atoms with Gasteiger partial charge in [0.15, 0.2) is 0 Å². The van der Waals surface area contributed by atoms with Gasteiger partial charge in [0.25, 0.3) is 0 Å². The monoisotopic (exact) mass is 698 g/mol. The number of amides is 2. The summed E-state index contributed by atoms with van der Waals surface area (Å²) in [7, 11) is -2.92. The molecule has 0 spiro atoms. The van der Waals surface area contributed by atoms with E-state index in [4.69, 9.17) is 9.39 Å². The highest BCUT2D eigenvalue weighted by molar-refractivity contribution is 6.58. The van der Waals surface area contributed by atoms with Crippen molar-refractivity contribution < 1.29 is 39.2 Å². The fraction of sp³-hybridized carbons (Fsp3) is 0.275. The van der Waals surface area contributed by atoms with Crippen molar-refractivity contribution in [3.8, 4) is 11.5 Å². The Balaban J connectivity index is 1.25. The fourth-order valence-electron chi connectivity index (χ4n) is 8.05. The smallest absolute Gasteiger partial charge is 0.488 e. The van der Waals surface area contributed by atoms with Crippen LogP contribution in [-0.2, 0) is 14.2 Å². The van der Waals surface area contributed by atoms with E-state index in [1.165, 1.54) is 12.1 Å². The Labute approximate surface area is 303 Å². The molecule has 0 saturated carbocycles. The number of benzene rings is 3. The lowest BCUT2D eigenvalue weighted by atomic mass is 9.58. The molecule has 2 fully saturated rings. The highest BCUT2D eigenvalue weighted by Gasteiger charge is 2.57. The SMILES string of the molecule is Cc1cc(/C=C(/CC[C@H]2OB(O)C[C@H]3C2=C(COc2ccccc2)C[C@H]2C(=O)N(c4cccc(B(O)O)c4)C(=O)[C@H]23)c2ccccn2)cc(C)c1O. The summed E-state index contributed by atoms with van der Waals surface area (Å²) in [5.74, 6) is -1.73. The van der Waals surface area contributed by atoms with Gasteiger partial charge in [-0.15, -0.1) is 0 Å². The lowest BCUT2D eigenvalue weighted by Crippen LogP contribution is -2.46. The third-order valence-corrected chi connectivity index (χ3v) is 10.4. The molecular formula is C40H40B2N2O8. The Morgan fingerprint density at radius 2 is 1.73 bits per heavy atom. The molecule has 1 aliphatic carbocycles. The molecule has 0 bridgehead atoms. The van der Waals surface area contributed by atoms with Crippen molar-refractivity contribution in [3.63, 3.8) is 0 Å². The maximum atomic E-state index is 14.3. The standard InChI is InChI=1S/C40H40B2N2O8/c1-24-17-26(18-25(2)38(24)45)19-27(34-13-6-7-16-43-34)14-15-35-36-28(23-51-31-11-4-3-5-12-31)20-32-37(33(36)22-41(48)52-35)40(47)44(39(32)46)30-10-8-9-29(21-30)42(49)50/h3-13,16-19,21,32-33,35,37,45,48-50H,14-15,20,22-23H2,1-2H3/b27-19-/t32-,33+,35-,37-/m1/s1. The van der Waals surface area contributed by atoms with Crippen molar-refractivity contribution in [1.29, 1.82) is 0 Å². The molecule has 52 heavy (non-hydrogen) atoms. The minimum Gasteiger partial charge on any atom is -0.507 e. The van der Waals surface area contributed by atoms with E-state index in [1.54, 1.807) is 18.3 Å². The molecule has 4 N–H and O–H groups in total. The zero-order valence-electron chi connectivity index (χ0n) is 29.1. The van der Waals surface area contributed by atoms with Gasteiger partial charge in [-0.3, -0.25) is 19.5 Å². The number of anilines is 1. The molecule has 1 aromatic heterocycles. The number of carbonyl (C=O) groups is 2. The van der Waals surface area contributed by atoms with E-state index in [2.05, 4.69) is 11.1 Å². The summed E-state index contributed by atoms with van der Waals surface area (Å²) in [6.45, 7) is 3.90. The van der Waals surface area contributed by atoms with Crippen molar-refractivity contribution in [3.05, 3.63) is 125 Å². The van der Waals surface area contributed by atoms with Crippen molar-refractivity contribution >= 4 is 48.9 Å². The van der Waals surface area contributed by atoms with Gasteiger partial charge in [0.05, 0.1) is 29.3 Å². The molecule has 2 aliphatic heterocycles. The first-order valence-electron chi connectivity index (χ1n) is 17.6. The molecule has 3 aliphatic rings. The van der Waals surface area contributed by atoms with Gasteiger partial charge in [-0.25, -0.2) is 0 Å². The normalized spacial score (nSPS) is 21.7. The van der Waals surface area contributed by atoms with Gasteiger partial charge in [0.2, 0.25) is 11.8 Å². The number of phenols is 1. The lowest BCUT2D eigenvalue weighted by molar-refractivity contribution is -0.122. The van der Waals surface area contributed by atoms with Gasteiger partial charge in [-0.2, -0.15) is 0 Å². The van der Waals surface area contributed by atoms with E-state index in [0.29, 0.717) is 18.6 Å². The predicted molar refractivity (Wildman–Crippen MR) is 199 cm³/mol. The average molecular weight is 698 g/mol. The summed E-state index contributed by atoms with van der Waals surface area (Å²) in [5, 5.41) is 41.2. The predicted octanol–water partition coefficient (Wildman–Crippen LogP) is 4.49. The number of hydrogen-bond acceptors (Lipinski definition) is 9. The molecule has 3 aromatic carbocycles. The van der Waals surface area contributed by atoms with Crippen LogP contribution in [0.25, 0.3) is 11.6 Å². The third kappa shape index (κ3) is 7.07. The Morgan fingerprint density at radius 3 is 2.44 bits per heavy atom. The average Bonchev–Trinajstić information content (AvgIpc) is 3.40. The number of pyridine rings is 1. The number of rotatable bonds is 10. The number of fused-ring (bicyclic) bond motifs is 3. The van der Waals surface area contributed by atoms with Crippen LogP contribution in [0.3, 0.4) is 0 Å². The molecule has 7 rings (SSSR count). The molecule has 0 radical (unpaired) electrons. The minimum atomic E-state index is -1.76. The van der Waals surface area contributed by atoms with Crippen LogP contribution in [0.2, 0.25) is 6.32 Å². The van der Waals surface area contributed by atoms with Crippen LogP contribution in [0, 0.1) is 31.6 Å². The first-order valence-corrected chi connectivity index (χ1v) is 17.6. The number of allylic oxidation sites excluding steroid dienone is 1. The number of nitrogens with zero attached hydrogens (tertiary/aromatic N) is 2. The molecule has 0 unspecified atom stereocenters. The molecule has 4 aromatic rings. The second-order valence-electron chi connectivity index (χ2n) is 13.8. The molecule has 264 valence electrons. The van der Waals surface area contributed by atoms with Crippen molar-refractivity contribution in [2.45, 2.75) is 45.5 Å². The summed E-state index contributed by atoms with van der Waals surface area (Å²) >= 11 is 0. The quantitative estimate of drug-likeness (QED) is 0.107. The first-order chi connectivity index (χ1) is 25.1. The summed E-state index contributed by atoms with van der Waals surface area (Å²) in [6.07, 6.45) is 4.59. The van der Waals surface area contributed by atoms with Crippen LogP contribution < -0.4 is 15.1 Å². The van der Waals surface area contributed by atoms with Gasteiger partial charge in [0, 0.05) is 6.20 Å². The molecule has 3 heterocycles. The van der Waals surface area contributed by atoms with E-state index >= 15 is 0 Å². The molecule has 2 saturated heterocycles. The number of imide groups is 1. The summed E-state index contributed by atoms with van der Waals surface area (Å²) in [4.78, 5) is 34.2. The van der Waals surface area contributed by atoms with Crippen LogP contribution in [0.15, 0.2) is 102 Å². The van der Waals surface area contributed by atoms with Crippen LogP contribution in [0.4, 0.5) is 5.69 Å². The molecule has 4 atom stereocenters. The van der Waals surface area contributed by atoms with E-state index in [0.717, 1.165) is 44.0 Å². The van der Waals surface area contributed by atoms with Gasteiger partial charge < -0.3 is 29.6 Å². The van der Waals surface area contributed by atoms with Gasteiger partial charge in [-0.05, 0) is 139 Å². The van der Waals surface area contributed by atoms with Crippen molar-refractivity contribution in [2.75, 3.05) is 11.5 Å². The fourth-order valence-corrected chi connectivity index (χ4v) is 8.05. The molecule has 10 nitrogen and oxygen atoms in total. The Hall–Kier alpha value is -5.00. The van der Waals surface area contributed by atoms with Crippen molar-refractivity contribution in [2.24, 2.45) is 17.8 Å². The van der Waals surface area contributed by atoms with E-state index in [1.807, 2.05) is 74.5 Å². The van der Waals surface area contributed by atoms with E-state index in [9.17, 15) is 29.8 Å². The Morgan fingerprint density at radius 1 is 0.981 bits per heavy atom. The van der Waals surface area contributed by atoms with Gasteiger partial charge in [0.1, 0.15) is 18.1 Å². The van der Waals surface area contributed by atoms with Gasteiger partial charge in [-0.1, -0.05) is 36.4 Å². The minimum absolute atomic E-state index is 0.138. The maximum absolute atomic E-state index is 14.3. The Kier molecular flexibility index (Phi) is 10.2. The van der Waals surface area contributed by atoms with Crippen LogP contribution >= 0.6 is 0 Å². The van der Waals surface area contributed by atoms with Crippen molar-refractivity contribution in [1.82, 2.24) is 4.98 Å². The zero-order chi connectivity index (χ0) is 36.5. The number of aromatic nitrogens is 1.